The molecule has 0 aliphatic carbocycles. The number of benzene rings is 1. The van der Waals surface area contributed by atoms with E-state index in [1.807, 2.05) is 11.8 Å². The number of rotatable bonds is 1. The van der Waals surface area contributed by atoms with Crippen LogP contribution < -0.4 is 5.73 Å². The van der Waals surface area contributed by atoms with E-state index in [4.69, 9.17) is 5.73 Å². The molecule has 1 nitrogen and oxygen atoms in total. The zero-order valence-corrected chi connectivity index (χ0v) is 8.90. The van der Waals surface area contributed by atoms with Gasteiger partial charge in [0.25, 0.3) is 0 Å². The molecule has 1 aliphatic heterocycles. The topological polar surface area (TPSA) is 26.0 Å². The van der Waals surface area contributed by atoms with Crippen LogP contribution in [0.2, 0.25) is 0 Å². The Morgan fingerprint density at radius 3 is 2.92 bits per heavy atom. The Hall–Kier alpha value is -0.470. The maximum atomic E-state index is 5.91. The molecule has 1 aliphatic rings. The van der Waals surface area contributed by atoms with Gasteiger partial charge >= 0.3 is 0 Å². The van der Waals surface area contributed by atoms with Crippen LogP contribution in [0.25, 0.3) is 0 Å². The van der Waals surface area contributed by atoms with Gasteiger partial charge in [0, 0.05) is 16.2 Å². The van der Waals surface area contributed by atoms with Crippen LogP contribution in [0.15, 0.2) is 23.1 Å². The smallest absolute Gasteiger partial charge is 0.0284 e. The molecule has 2 rings (SSSR count). The van der Waals surface area contributed by atoms with Gasteiger partial charge in [-0.25, -0.2) is 0 Å². The molecule has 2 heteroatoms. The molecule has 0 radical (unpaired) electrons. The molecule has 0 fully saturated rings. The van der Waals surface area contributed by atoms with Gasteiger partial charge in [-0.2, -0.15) is 0 Å². The van der Waals surface area contributed by atoms with Gasteiger partial charge in [0.05, 0.1) is 0 Å². The Bertz CT molecular complexity index is 320. The molecular weight excluding hydrogens is 178 g/mol. The summed E-state index contributed by atoms with van der Waals surface area (Å²) in [7, 11) is 0. The van der Waals surface area contributed by atoms with Gasteiger partial charge in [0.1, 0.15) is 0 Å². The molecule has 1 aromatic rings. The Morgan fingerprint density at radius 1 is 1.54 bits per heavy atom. The molecule has 2 atom stereocenters. The molecule has 0 aromatic heterocycles. The van der Waals surface area contributed by atoms with E-state index < -0.39 is 0 Å². The number of hydrogen-bond acceptors (Lipinski definition) is 2. The largest absolute Gasteiger partial charge is 0.327 e. The highest BCUT2D eigenvalue weighted by molar-refractivity contribution is 8.00. The van der Waals surface area contributed by atoms with Gasteiger partial charge in [-0.1, -0.05) is 12.1 Å². The molecule has 1 aromatic carbocycles. The summed E-state index contributed by atoms with van der Waals surface area (Å²) in [6.07, 6.45) is 1.14. The molecule has 2 unspecified atom stereocenters. The first-order valence-electron chi connectivity index (χ1n) is 4.69. The highest BCUT2D eigenvalue weighted by Crippen LogP contribution is 2.39. The molecule has 0 saturated heterocycles. The van der Waals surface area contributed by atoms with E-state index >= 15 is 0 Å². The second kappa shape index (κ2) is 3.35. The standard InChI is InChI=1S/C11H15NS/c1-7-4-3-5-10-9(7)6-11(13-10)8(2)12/h3-5,8,11H,6,12H2,1-2H3. The molecule has 0 bridgehead atoms. The molecule has 0 spiro atoms. The first kappa shape index (κ1) is 9.10. The summed E-state index contributed by atoms with van der Waals surface area (Å²) in [6.45, 7) is 4.28. The molecule has 70 valence electrons. The Morgan fingerprint density at radius 2 is 2.31 bits per heavy atom. The second-order valence-electron chi connectivity index (χ2n) is 3.77. The lowest BCUT2D eigenvalue weighted by Crippen LogP contribution is -2.28. The van der Waals surface area contributed by atoms with E-state index in [1.54, 1.807) is 0 Å². The molecular formula is C11H15NS. The quantitative estimate of drug-likeness (QED) is 0.741. The fraction of sp³-hybridized carbons (Fsp3) is 0.455. The van der Waals surface area contributed by atoms with Crippen molar-refractivity contribution >= 4 is 11.8 Å². The fourth-order valence-corrected chi connectivity index (χ4v) is 3.08. The van der Waals surface area contributed by atoms with Gasteiger partial charge in [0.2, 0.25) is 0 Å². The molecule has 13 heavy (non-hydrogen) atoms. The normalized spacial score (nSPS) is 22.8. The SMILES string of the molecule is Cc1cccc2c1CC(C(C)N)S2. The van der Waals surface area contributed by atoms with Crippen molar-refractivity contribution in [2.75, 3.05) is 0 Å². The average molecular weight is 193 g/mol. The van der Waals surface area contributed by atoms with Crippen molar-refractivity contribution in [3.63, 3.8) is 0 Å². The summed E-state index contributed by atoms with van der Waals surface area (Å²) in [5.41, 5.74) is 8.83. The minimum absolute atomic E-state index is 0.289. The van der Waals surface area contributed by atoms with E-state index in [9.17, 15) is 0 Å². The van der Waals surface area contributed by atoms with E-state index in [1.165, 1.54) is 16.0 Å². The second-order valence-corrected chi connectivity index (χ2v) is 5.05. The van der Waals surface area contributed by atoms with Gasteiger partial charge in [-0.3, -0.25) is 0 Å². The fourth-order valence-electron chi connectivity index (χ4n) is 1.75. The molecule has 0 saturated carbocycles. The van der Waals surface area contributed by atoms with Crippen LogP contribution in [0.3, 0.4) is 0 Å². The third-order valence-corrected chi connectivity index (χ3v) is 4.17. The number of hydrogen-bond donors (Lipinski definition) is 1. The molecule has 0 amide bonds. The predicted octanol–water partition coefficient (Wildman–Crippen LogP) is 2.36. The third kappa shape index (κ3) is 1.61. The molecule has 2 N–H and O–H groups in total. The van der Waals surface area contributed by atoms with Gasteiger partial charge in [-0.15, -0.1) is 11.8 Å². The third-order valence-electron chi connectivity index (χ3n) is 2.64. The number of nitrogens with two attached hydrogens (primary N) is 1. The lowest BCUT2D eigenvalue weighted by molar-refractivity contribution is 0.691. The average Bonchev–Trinajstić information content (AvgIpc) is 2.49. The minimum atomic E-state index is 0.289. The Labute approximate surface area is 83.7 Å². The zero-order chi connectivity index (χ0) is 9.42. The first-order valence-corrected chi connectivity index (χ1v) is 5.57. The van der Waals surface area contributed by atoms with Gasteiger partial charge < -0.3 is 5.73 Å². The van der Waals surface area contributed by atoms with Crippen molar-refractivity contribution in [1.29, 1.82) is 0 Å². The van der Waals surface area contributed by atoms with Crippen LogP contribution in [0.5, 0.6) is 0 Å². The van der Waals surface area contributed by atoms with E-state index in [2.05, 4.69) is 32.0 Å². The van der Waals surface area contributed by atoms with Crippen LogP contribution in [0.4, 0.5) is 0 Å². The monoisotopic (exact) mass is 193 g/mol. The van der Waals surface area contributed by atoms with Crippen LogP contribution in [0.1, 0.15) is 18.1 Å². The van der Waals surface area contributed by atoms with Crippen LogP contribution in [-0.2, 0) is 6.42 Å². The van der Waals surface area contributed by atoms with Crippen LogP contribution in [-0.4, -0.2) is 11.3 Å². The zero-order valence-electron chi connectivity index (χ0n) is 8.08. The summed E-state index contributed by atoms with van der Waals surface area (Å²) in [4.78, 5) is 1.43. The molecule has 1 heterocycles. The minimum Gasteiger partial charge on any atom is -0.327 e. The van der Waals surface area contributed by atoms with Crippen molar-refractivity contribution in [1.82, 2.24) is 0 Å². The van der Waals surface area contributed by atoms with E-state index in [0.29, 0.717) is 5.25 Å². The lowest BCUT2D eigenvalue weighted by Gasteiger charge is -2.11. The van der Waals surface area contributed by atoms with Crippen molar-refractivity contribution in [2.45, 2.75) is 36.5 Å². The summed E-state index contributed by atoms with van der Waals surface area (Å²) < 4.78 is 0. The maximum absolute atomic E-state index is 5.91. The van der Waals surface area contributed by atoms with Crippen LogP contribution >= 0.6 is 11.8 Å². The van der Waals surface area contributed by atoms with E-state index in [-0.39, 0.29) is 6.04 Å². The number of fused-ring (bicyclic) bond motifs is 1. The van der Waals surface area contributed by atoms with Gasteiger partial charge in [0.15, 0.2) is 0 Å². The predicted molar refractivity (Wildman–Crippen MR) is 58.2 cm³/mol. The maximum Gasteiger partial charge on any atom is 0.0284 e. The lowest BCUT2D eigenvalue weighted by atomic mass is 10.0. The number of thioether (sulfide) groups is 1. The summed E-state index contributed by atoms with van der Waals surface area (Å²) in [5, 5.41) is 0.580. The Kier molecular flexibility index (Phi) is 2.35. The highest BCUT2D eigenvalue weighted by Gasteiger charge is 2.25. The van der Waals surface area contributed by atoms with E-state index in [0.717, 1.165) is 6.42 Å². The summed E-state index contributed by atoms with van der Waals surface area (Å²) >= 11 is 1.93. The summed E-state index contributed by atoms with van der Waals surface area (Å²) in [6, 6.07) is 6.81. The highest BCUT2D eigenvalue weighted by atomic mass is 32.2. The van der Waals surface area contributed by atoms with Crippen molar-refractivity contribution in [3.8, 4) is 0 Å². The Balaban J connectivity index is 2.30. The summed E-state index contributed by atoms with van der Waals surface area (Å²) in [5.74, 6) is 0. The van der Waals surface area contributed by atoms with Crippen molar-refractivity contribution in [3.05, 3.63) is 29.3 Å². The van der Waals surface area contributed by atoms with Crippen molar-refractivity contribution in [2.24, 2.45) is 5.73 Å². The van der Waals surface area contributed by atoms with Crippen molar-refractivity contribution < 1.29 is 0 Å². The number of aryl methyl sites for hydroxylation is 1. The van der Waals surface area contributed by atoms with Gasteiger partial charge in [-0.05, 0) is 37.5 Å². The van der Waals surface area contributed by atoms with Crippen LogP contribution in [0, 0.1) is 6.92 Å². The first-order chi connectivity index (χ1) is 6.18.